The molecule has 0 rings (SSSR count). The lowest BCUT2D eigenvalue weighted by atomic mass is 9.72. The lowest BCUT2D eigenvalue weighted by molar-refractivity contribution is -0.190. The molecular weight excluding hydrogens is 701 g/mol. The topological polar surface area (TPSA) is 77.8 Å². The lowest BCUT2D eigenvalue weighted by Gasteiger charge is -2.42. The van der Waals surface area contributed by atoms with Gasteiger partial charge in [-0.15, -0.1) is 0 Å². The van der Waals surface area contributed by atoms with Crippen molar-refractivity contribution in [3.05, 3.63) is 12.2 Å². The minimum absolute atomic E-state index is 0.253. The Morgan fingerprint density at radius 1 is 0.368 bits per heavy atom. The fourth-order valence-corrected chi connectivity index (χ4v) is 8.80. The van der Waals surface area contributed by atoms with Crippen molar-refractivity contribution in [2.75, 3.05) is 6.61 Å². The van der Waals surface area contributed by atoms with Crippen molar-refractivity contribution in [3.8, 4) is 0 Å². The maximum atomic E-state index is 13.8. The van der Waals surface area contributed by atoms with E-state index in [1.165, 1.54) is 199 Å². The Bertz CT molecular complexity index is 841. The summed E-state index contributed by atoms with van der Waals surface area (Å²) in [6.07, 6.45) is 56.1. The van der Waals surface area contributed by atoms with Crippen LogP contribution in [0.4, 0.5) is 0 Å². The van der Waals surface area contributed by atoms with E-state index in [9.17, 15) is 20.1 Å². The van der Waals surface area contributed by atoms with E-state index in [0.717, 1.165) is 57.8 Å². The van der Waals surface area contributed by atoms with Crippen LogP contribution in [-0.4, -0.2) is 38.9 Å². The second-order valence-electron chi connectivity index (χ2n) is 18.5. The molecule has 0 amide bonds. The van der Waals surface area contributed by atoms with Gasteiger partial charge < -0.3 is 15.3 Å². The Morgan fingerprint density at radius 2 is 0.632 bits per heavy atom. The van der Waals surface area contributed by atoms with Crippen molar-refractivity contribution in [1.29, 1.82) is 0 Å². The number of aliphatic hydroxyl groups excluding tert-OH is 1. The van der Waals surface area contributed by atoms with Crippen LogP contribution in [0.15, 0.2) is 12.2 Å². The van der Waals surface area contributed by atoms with E-state index in [-0.39, 0.29) is 25.0 Å². The Kier molecular flexibility index (Phi) is 42.8. The van der Waals surface area contributed by atoms with Crippen molar-refractivity contribution < 1.29 is 20.1 Å². The predicted molar refractivity (Wildman–Crippen MR) is 251 cm³/mol. The van der Waals surface area contributed by atoms with Gasteiger partial charge in [0.05, 0.1) is 6.61 Å². The number of hydrogen-bond acceptors (Lipinski definition) is 4. The molecule has 0 aromatic heterocycles. The van der Waals surface area contributed by atoms with Crippen molar-refractivity contribution in [2.24, 2.45) is 0 Å². The molecule has 0 aromatic rings. The van der Waals surface area contributed by atoms with Crippen LogP contribution in [-0.2, 0) is 4.79 Å². The van der Waals surface area contributed by atoms with Crippen LogP contribution in [0, 0.1) is 0 Å². The normalized spacial score (nSPS) is 14.1. The van der Waals surface area contributed by atoms with Crippen LogP contribution in [0.2, 0.25) is 0 Å². The molecule has 0 fully saturated rings. The van der Waals surface area contributed by atoms with Crippen LogP contribution in [0.25, 0.3) is 0 Å². The van der Waals surface area contributed by atoms with Gasteiger partial charge in [0.2, 0.25) is 0 Å². The summed E-state index contributed by atoms with van der Waals surface area (Å²) >= 11 is 0. The number of hydrogen-bond donors (Lipinski definition) is 3. The molecule has 0 saturated heterocycles. The molecular formula is C53H104O4. The molecule has 340 valence electrons. The van der Waals surface area contributed by atoms with E-state index in [0.29, 0.717) is 6.42 Å². The molecule has 0 aromatic carbocycles. The molecule has 4 nitrogen and oxygen atoms in total. The van der Waals surface area contributed by atoms with E-state index >= 15 is 0 Å². The monoisotopic (exact) mass is 805 g/mol. The first-order valence-corrected chi connectivity index (χ1v) is 26.2. The number of carbonyl (C=O) groups excluding carboxylic acids is 1. The van der Waals surface area contributed by atoms with E-state index < -0.39 is 17.8 Å². The first-order chi connectivity index (χ1) is 27.9. The van der Waals surface area contributed by atoms with Gasteiger partial charge in [-0.05, 0) is 44.9 Å². The average Bonchev–Trinajstić information content (AvgIpc) is 3.22. The summed E-state index contributed by atoms with van der Waals surface area (Å²) < 4.78 is 0. The molecule has 4 heteroatoms. The van der Waals surface area contributed by atoms with E-state index in [2.05, 4.69) is 32.9 Å². The van der Waals surface area contributed by atoms with Gasteiger partial charge in [-0.2, -0.15) is 0 Å². The third-order valence-electron chi connectivity index (χ3n) is 13.0. The quantitative estimate of drug-likeness (QED) is 0.0423. The number of carbonyl (C=O) groups is 1. The molecule has 2 atom stereocenters. The second-order valence-corrected chi connectivity index (χ2v) is 18.5. The highest BCUT2D eigenvalue weighted by Gasteiger charge is 2.52. The molecule has 2 unspecified atom stereocenters. The van der Waals surface area contributed by atoms with Crippen molar-refractivity contribution >= 4 is 5.78 Å². The molecule has 0 bridgehead atoms. The highest BCUT2D eigenvalue weighted by molar-refractivity contribution is 5.88. The lowest BCUT2D eigenvalue weighted by Crippen LogP contribution is -2.61. The number of Topliss-reactive ketones (excluding diaryl/α,β-unsaturated/α-hetero) is 1. The Hall–Kier alpha value is -0.710. The van der Waals surface area contributed by atoms with Crippen molar-refractivity contribution in [2.45, 2.75) is 314 Å². The van der Waals surface area contributed by atoms with Crippen LogP contribution in [0.1, 0.15) is 303 Å². The Balaban J connectivity index is 4.65. The standard InChI is InChI=1S/C53H104O4/c1-4-7-10-13-16-19-22-25-28-29-32-35-38-41-44-47-51(55)53(57,49-46-43-40-37-34-31-27-24-21-18-15-12-9-6-3)52(56,50-54)48-45-42-39-36-33-30-26-23-20-17-14-11-8-5-2/h25,28,54,56-57H,4-24,26-27,29-50H2,1-3H3. The summed E-state index contributed by atoms with van der Waals surface area (Å²) in [6.45, 7) is 6.26. The maximum Gasteiger partial charge on any atom is 0.167 e. The fraction of sp³-hybridized carbons (Fsp3) is 0.943. The summed E-state index contributed by atoms with van der Waals surface area (Å²) in [6, 6.07) is 0. The zero-order valence-corrected chi connectivity index (χ0v) is 39.2. The summed E-state index contributed by atoms with van der Waals surface area (Å²) in [7, 11) is 0. The summed E-state index contributed by atoms with van der Waals surface area (Å²) in [5.41, 5.74) is -3.63. The molecule has 0 aliphatic rings. The zero-order chi connectivity index (χ0) is 41.8. The predicted octanol–water partition coefficient (Wildman–Crippen LogP) is 16.8. The van der Waals surface area contributed by atoms with E-state index in [1.54, 1.807) is 0 Å². The highest BCUT2D eigenvalue weighted by Crippen LogP contribution is 2.35. The third kappa shape index (κ3) is 33.7. The molecule has 57 heavy (non-hydrogen) atoms. The van der Waals surface area contributed by atoms with E-state index in [1.807, 2.05) is 0 Å². The van der Waals surface area contributed by atoms with Gasteiger partial charge in [-0.3, -0.25) is 4.79 Å². The van der Waals surface area contributed by atoms with Gasteiger partial charge >= 0.3 is 0 Å². The Labute approximate surface area is 358 Å². The molecule has 0 saturated carbocycles. The minimum Gasteiger partial charge on any atom is -0.393 e. The van der Waals surface area contributed by atoms with Crippen molar-refractivity contribution in [1.82, 2.24) is 0 Å². The summed E-state index contributed by atoms with van der Waals surface area (Å²) in [5, 5.41) is 34.4. The molecule has 3 N–H and O–H groups in total. The maximum absolute atomic E-state index is 13.8. The molecule has 0 heterocycles. The van der Waals surface area contributed by atoms with Crippen LogP contribution in [0.3, 0.4) is 0 Å². The molecule has 0 radical (unpaired) electrons. The number of ketones is 1. The minimum atomic E-state index is -1.86. The van der Waals surface area contributed by atoms with Gasteiger partial charge in [0, 0.05) is 6.42 Å². The van der Waals surface area contributed by atoms with Crippen LogP contribution >= 0.6 is 0 Å². The zero-order valence-electron chi connectivity index (χ0n) is 39.2. The van der Waals surface area contributed by atoms with E-state index in [4.69, 9.17) is 0 Å². The van der Waals surface area contributed by atoms with Gasteiger partial charge in [-0.25, -0.2) is 0 Å². The largest absolute Gasteiger partial charge is 0.393 e. The van der Waals surface area contributed by atoms with Crippen LogP contribution in [0.5, 0.6) is 0 Å². The summed E-state index contributed by atoms with van der Waals surface area (Å²) in [5.74, 6) is -0.253. The smallest absolute Gasteiger partial charge is 0.167 e. The second kappa shape index (κ2) is 43.4. The molecule has 0 spiro atoms. The van der Waals surface area contributed by atoms with Gasteiger partial charge in [0.15, 0.2) is 11.4 Å². The number of rotatable bonds is 48. The average molecular weight is 805 g/mol. The van der Waals surface area contributed by atoms with Crippen LogP contribution < -0.4 is 0 Å². The van der Waals surface area contributed by atoms with Crippen molar-refractivity contribution in [3.63, 3.8) is 0 Å². The number of unbranched alkanes of at least 4 members (excludes halogenated alkanes) is 37. The highest BCUT2D eigenvalue weighted by atomic mass is 16.4. The number of allylic oxidation sites excluding steroid dienone is 2. The first-order valence-electron chi connectivity index (χ1n) is 26.2. The van der Waals surface area contributed by atoms with Gasteiger partial charge in [0.1, 0.15) is 5.60 Å². The summed E-state index contributed by atoms with van der Waals surface area (Å²) in [4.78, 5) is 13.8. The first kappa shape index (κ1) is 56.3. The fourth-order valence-electron chi connectivity index (χ4n) is 8.80. The van der Waals surface area contributed by atoms with Gasteiger partial charge in [0.25, 0.3) is 0 Å². The molecule has 0 aliphatic heterocycles. The third-order valence-corrected chi connectivity index (χ3v) is 13.0. The number of aliphatic hydroxyl groups is 3. The molecule has 0 aliphatic carbocycles. The van der Waals surface area contributed by atoms with Gasteiger partial charge in [-0.1, -0.05) is 264 Å². The Morgan fingerprint density at radius 3 is 0.947 bits per heavy atom. The SMILES string of the molecule is CCCCCCCCC=CCCCCCCCC(=O)C(O)(CCCCCCCCCCCCCCCC)C(O)(CO)CCCCCCCCCCCCCCCC.